The molecule has 1 unspecified atom stereocenters. The molecule has 152 valence electrons. The van der Waals surface area contributed by atoms with E-state index in [4.69, 9.17) is 21.3 Å². The van der Waals surface area contributed by atoms with Crippen molar-refractivity contribution in [3.8, 4) is 5.75 Å². The Hall–Kier alpha value is -2.31. The van der Waals surface area contributed by atoms with Gasteiger partial charge in [0.05, 0.1) is 19.7 Å². The topological polar surface area (TPSA) is 61.8 Å². The number of aromatic nitrogens is 1. The molecule has 1 aromatic carbocycles. The van der Waals surface area contributed by atoms with Crippen LogP contribution in [0.25, 0.3) is 0 Å². The van der Waals surface area contributed by atoms with Crippen molar-refractivity contribution >= 4 is 17.6 Å². The summed E-state index contributed by atoms with van der Waals surface area (Å²) in [4.78, 5) is 11.1. The highest BCUT2D eigenvalue weighted by Crippen LogP contribution is 2.21. The molecule has 0 saturated carbocycles. The number of nitrogens with one attached hydrogen (secondary N) is 2. The minimum atomic E-state index is 0.182. The Balaban J connectivity index is 1.98. The molecule has 2 aromatic rings. The van der Waals surface area contributed by atoms with Gasteiger partial charge in [0.25, 0.3) is 0 Å². The third kappa shape index (κ3) is 7.02. The third-order valence-corrected chi connectivity index (χ3v) is 4.61. The summed E-state index contributed by atoms with van der Waals surface area (Å²) in [5.74, 6) is 1.67. The fourth-order valence-electron chi connectivity index (χ4n) is 2.79. The predicted molar refractivity (Wildman–Crippen MR) is 116 cm³/mol. The normalized spacial score (nSPS) is 12.7. The van der Waals surface area contributed by atoms with Crippen LogP contribution in [0, 0.1) is 0 Å². The molecule has 6 nitrogen and oxygen atoms in total. The Labute approximate surface area is 173 Å². The van der Waals surface area contributed by atoms with E-state index in [1.165, 1.54) is 5.56 Å². The maximum absolute atomic E-state index is 5.83. The number of ether oxygens (including phenoxy) is 1. The number of methoxy groups -OCH3 is 1. The molecule has 1 atom stereocenters. The minimum absolute atomic E-state index is 0.182. The van der Waals surface area contributed by atoms with Crippen molar-refractivity contribution in [1.82, 2.24) is 20.5 Å². The lowest BCUT2D eigenvalue weighted by molar-refractivity contribution is 0.306. The second-order valence-electron chi connectivity index (χ2n) is 6.64. The quantitative estimate of drug-likeness (QED) is 0.382. The maximum atomic E-state index is 5.83. The van der Waals surface area contributed by atoms with Crippen LogP contribution in [0.4, 0.5) is 0 Å². The van der Waals surface area contributed by atoms with Gasteiger partial charge in [0.1, 0.15) is 10.9 Å². The zero-order chi connectivity index (χ0) is 20.4. The molecule has 0 radical (unpaired) electrons. The van der Waals surface area contributed by atoms with Crippen molar-refractivity contribution < 1.29 is 4.74 Å². The first-order valence-electron chi connectivity index (χ1n) is 9.46. The van der Waals surface area contributed by atoms with Crippen LogP contribution in [-0.2, 0) is 6.42 Å². The summed E-state index contributed by atoms with van der Waals surface area (Å²) >= 11 is 5.83. The molecule has 0 amide bonds. The van der Waals surface area contributed by atoms with Crippen molar-refractivity contribution in [2.45, 2.75) is 19.4 Å². The fraction of sp³-hybridized carbons (Fsp3) is 0.429. The standard InChI is InChI=1S/C21H30ClN5O/c1-5-23-21(24-13-12-16-6-11-20(22)25-14-16)26-15-19(27(2)3)17-7-9-18(28-4)10-8-17/h6-11,14,19H,5,12-13,15H2,1-4H3,(H2,23,24,26). The van der Waals surface area contributed by atoms with Crippen molar-refractivity contribution in [3.63, 3.8) is 0 Å². The van der Waals surface area contributed by atoms with Gasteiger partial charge in [-0.15, -0.1) is 0 Å². The van der Waals surface area contributed by atoms with Crippen LogP contribution < -0.4 is 15.4 Å². The first-order valence-corrected chi connectivity index (χ1v) is 9.84. The molecule has 2 N–H and O–H groups in total. The molecule has 2 rings (SSSR count). The molecular weight excluding hydrogens is 374 g/mol. The molecule has 0 fully saturated rings. The summed E-state index contributed by atoms with van der Waals surface area (Å²) < 4.78 is 5.25. The highest BCUT2D eigenvalue weighted by atomic mass is 35.5. The monoisotopic (exact) mass is 403 g/mol. The number of hydrogen-bond acceptors (Lipinski definition) is 4. The van der Waals surface area contributed by atoms with Crippen LogP contribution in [0.3, 0.4) is 0 Å². The average molecular weight is 404 g/mol. The Kier molecular flexibility index (Phi) is 9.04. The number of hydrogen-bond donors (Lipinski definition) is 2. The summed E-state index contributed by atoms with van der Waals surface area (Å²) in [7, 11) is 5.81. The van der Waals surface area contributed by atoms with E-state index in [2.05, 4.69) is 53.7 Å². The lowest BCUT2D eigenvalue weighted by Gasteiger charge is -2.24. The van der Waals surface area contributed by atoms with Gasteiger partial charge >= 0.3 is 0 Å². The molecule has 0 spiro atoms. The van der Waals surface area contributed by atoms with Crippen LogP contribution in [0.5, 0.6) is 5.75 Å². The van der Waals surface area contributed by atoms with Gasteiger partial charge in [0.15, 0.2) is 5.96 Å². The molecule has 28 heavy (non-hydrogen) atoms. The zero-order valence-corrected chi connectivity index (χ0v) is 17.8. The molecule has 7 heteroatoms. The van der Waals surface area contributed by atoms with Crippen LogP contribution >= 0.6 is 11.6 Å². The number of halogens is 1. The van der Waals surface area contributed by atoms with Crippen molar-refractivity contribution in [2.75, 3.05) is 40.8 Å². The summed E-state index contributed by atoms with van der Waals surface area (Å²) in [5, 5.41) is 7.21. The SMILES string of the molecule is CCNC(=NCC(c1ccc(OC)cc1)N(C)C)NCCc1ccc(Cl)nc1. The Bertz CT molecular complexity index is 731. The highest BCUT2D eigenvalue weighted by molar-refractivity contribution is 6.29. The first kappa shape index (κ1) is 22.0. The number of aliphatic imine (C=N–C) groups is 1. The van der Waals surface area contributed by atoms with E-state index >= 15 is 0 Å². The van der Waals surface area contributed by atoms with Crippen LogP contribution in [0.15, 0.2) is 47.6 Å². The van der Waals surface area contributed by atoms with E-state index in [0.29, 0.717) is 11.7 Å². The van der Waals surface area contributed by atoms with Gasteiger partial charge in [-0.25, -0.2) is 4.98 Å². The Morgan fingerprint density at radius 1 is 1.18 bits per heavy atom. The Morgan fingerprint density at radius 3 is 2.50 bits per heavy atom. The second-order valence-corrected chi connectivity index (χ2v) is 7.03. The van der Waals surface area contributed by atoms with E-state index in [-0.39, 0.29) is 6.04 Å². The van der Waals surface area contributed by atoms with Crippen LogP contribution in [0.1, 0.15) is 24.1 Å². The maximum Gasteiger partial charge on any atom is 0.191 e. The molecular formula is C21H30ClN5O. The van der Waals surface area contributed by atoms with Crippen LogP contribution in [0.2, 0.25) is 5.15 Å². The summed E-state index contributed by atoms with van der Waals surface area (Å²) in [6.07, 6.45) is 2.66. The smallest absolute Gasteiger partial charge is 0.191 e. The van der Waals surface area contributed by atoms with Gasteiger partial charge in [-0.2, -0.15) is 0 Å². The fourth-order valence-corrected chi connectivity index (χ4v) is 2.90. The number of likely N-dealkylation sites (N-methyl/N-ethyl adjacent to an activating group) is 1. The zero-order valence-electron chi connectivity index (χ0n) is 17.1. The molecule has 0 bridgehead atoms. The molecule has 0 aliphatic heterocycles. The Morgan fingerprint density at radius 2 is 1.93 bits per heavy atom. The van der Waals surface area contributed by atoms with Crippen molar-refractivity contribution in [1.29, 1.82) is 0 Å². The van der Waals surface area contributed by atoms with E-state index in [0.717, 1.165) is 36.8 Å². The average Bonchev–Trinajstić information content (AvgIpc) is 2.70. The van der Waals surface area contributed by atoms with Gasteiger partial charge in [0.2, 0.25) is 0 Å². The van der Waals surface area contributed by atoms with E-state index in [9.17, 15) is 0 Å². The van der Waals surface area contributed by atoms with E-state index < -0.39 is 0 Å². The van der Waals surface area contributed by atoms with Gasteiger partial charge in [-0.1, -0.05) is 29.8 Å². The molecule has 0 aliphatic rings. The largest absolute Gasteiger partial charge is 0.497 e. The third-order valence-electron chi connectivity index (χ3n) is 4.39. The summed E-state index contributed by atoms with van der Waals surface area (Å²) in [6.45, 7) is 4.29. The van der Waals surface area contributed by atoms with Crippen molar-refractivity contribution in [3.05, 3.63) is 58.9 Å². The summed E-state index contributed by atoms with van der Waals surface area (Å²) in [6, 6.07) is 12.1. The van der Waals surface area contributed by atoms with E-state index in [1.54, 1.807) is 13.3 Å². The number of pyridine rings is 1. The lowest BCUT2D eigenvalue weighted by Crippen LogP contribution is -2.39. The molecule has 1 heterocycles. The first-order chi connectivity index (χ1) is 13.5. The van der Waals surface area contributed by atoms with Crippen LogP contribution in [-0.4, -0.2) is 56.7 Å². The molecule has 0 saturated heterocycles. The predicted octanol–water partition coefficient (Wildman–Crippen LogP) is 3.14. The molecule has 1 aromatic heterocycles. The second kappa shape index (κ2) is 11.5. The summed E-state index contributed by atoms with van der Waals surface area (Å²) in [5.41, 5.74) is 2.34. The van der Waals surface area contributed by atoms with Gasteiger partial charge in [-0.05, 0) is 56.8 Å². The van der Waals surface area contributed by atoms with Gasteiger partial charge in [0, 0.05) is 19.3 Å². The van der Waals surface area contributed by atoms with E-state index in [1.807, 2.05) is 24.3 Å². The number of nitrogens with zero attached hydrogens (tertiary/aromatic N) is 3. The van der Waals surface area contributed by atoms with Gasteiger partial charge in [-0.3, -0.25) is 4.99 Å². The molecule has 0 aliphatic carbocycles. The number of guanidine groups is 1. The minimum Gasteiger partial charge on any atom is -0.497 e. The highest BCUT2D eigenvalue weighted by Gasteiger charge is 2.14. The number of benzene rings is 1. The van der Waals surface area contributed by atoms with Gasteiger partial charge < -0.3 is 20.3 Å². The van der Waals surface area contributed by atoms with Crippen molar-refractivity contribution in [2.24, 2.45) is 4.99 Å². The lowest BCUT2D eigenvalue weighted by atomic mass is 10.1. The number of rotatable bonds is 9.